The van der Waals surface area contributed by atoms with Crippen LogP contribution in [0, 0.1) is 17.3 Å². The van der Waals surface area contributed by atoms with Crippen LogP contribution in [-0.4, -0.2) is 23.2 Å². The summed E-state index contributed by atoms with van der Waals surface area (Å²) in [4.78, 5) is 11.9. The van der Waals surface area contributed by atoms with Crippen LogP contribution in [0.4, 0.5) is 0 Å². The molecule has 2 aliphatic rings. The Hall–Kier alpha value is -0.570. The summed E-state index contributed by atoms with van der Waals surface area (Å²) in [5.74, 6) is 0.938. The fourth-order valence-corrected chi connectivity index (χ4v) is 3.71. The van der Waals surface area contributed by atoms with Crippen LogP contribution in [0.15, 0.2) is 0 Å². The largest absolute Gasteiger partial charge is 0.394 e. The molecule has 0 saturated heterocycles. The van der Waals surface area contributed by atoms with Gasteiger partial charge in [-0.2, -0.15) is 0 Å². The second-order valence-electron chi connectivity index (χ2n) is 7.06. The highest BCUT2D eigenvalue weighted by Crippen LogP contribution is 2.44. The van der Waals surface area contributed by atoms with Crippen molar-refractivity contribution in [3.05, 3.63) is 0 Å². The molecule has 1 amide bonds. The van der Waals surface area contributed by atoms with Crippen molar-refractivity contribution >= 4 is 5.91 Å². The van der Waals surface area contributed by atoms with Crippen molar-refractivity contribution in [1.82, 2.24) is 5.32 Å². The van der Waals surface area contributed by atoms with E-state index in [0.717, 1.165) is 25.7 Å². The van der Waals surface area contributed by atoms with Crippen LogP contribution in [0.5, 0.6) is 0 Å². The summed E-state index contributed by atoms with van der Waals surface area (Å²) in [6.07, 6.45) is 5.01. The van der Waals surface area contributed by atoms with E-state index in [2.05, 4.69) is 26.1 Å². The van der Waals surface area contributed by atoms with E-state index in [0.29, 0.717) is 5.92 Å². The van der Waals surface area contributed by atoms with E-state index in [1.165, 1.54) is 6.42 Å². The summed E-state index contributed by atoms with van der Waals surface area (Å²) in [5.41, 5.74) is -0.169. The van der Waals surface area contributed by atoms with Gasteiger partial charge in [0.1, 0.15) is 0 Å². The number of hydrogen-bond acceptors (Lipinski definition) is 2. The van der Waals surface area contributed by atoms with Crippen LogP contribution in [0.2, 0.25) is 0 Å². The molecule has 0 bridgehead atoms. The van der Waals surface area contributed by atoms with Gasteiger partial charge in [-0.25, -0.2) is 0 Å². The van der Waals surface area contributed by atoms with Crippen molar-refractivity contribution < 1.29 is 9.90 Å². The third-order valence-electron chi connectivity index (χ3n) is 4.10. The van der Waals surface area contributed by atoms with Gasteiger partial charge >= 0.3 is 0 Å². The lowest BCUT2D eigenvalue weighted by Gasteiger charge is -2.47. The molecule has 0 aromatic carbocycles. The first kappa shape index (κ1) is 12.9. The second-order valence-corrected chi connectivity index (χ2v) is 7.06. The maximum Gasteiger partial charge on any atom is 0.223 e. The van der Waals surface area contributed by atoms with Gasteiger partial charge in [0, 0.05) is 5.92 Å². The minimum Gasteiger partial charge on any atom is -0.394 e. The number of nitrogens with one attached hydrogen (secondary N) is 1. The summed E-state index contributed by atoms with van der Waals surface area (Å²) >= 11 is 0. The van der Waals surface area contributed by atoms with Crippen molar-refractivity contribution in [2.24, 2.45) is 17.3 Å². The highest BCUT2D eigenvalue weighted by atomic mass is 16.3. The molecule has 3 heteroatoms. The van der Waals surface area contributed by atoms with Crippen LogP contribution in [0.3, 0.4) is 0 Å². The normalized spacial score (nSPS) is 36.6. The Kier molecular flexibility index (Phi) is 3.23. The predicted octanol–water partition coefficient (Wildman–Crippen LogP) is 2.09. The monoisotopic (exact) mass is 239 g/mol. The molecular weight excluding hydrogens is 214 g/mol. The summed E-state index contributed by atoms with van der Waals surface area (Å²) in [6.45, 7) is 6.75. The van der Waals surface area contributed by atoms with Crippen molar-refractivity contribution in [3.63, 3.8) is 0 Å². The van der Waals surface area contributed by atoms with E-state index < -0.39 is 0 Å². The van der Waals surface area contributed by atoms with Crippen molar-refractivity contribution in [1.29, 1.82) is 0 Å². The molecule has 17 heavy (non-hydrogen) atoms. The van der Waals surface area contributed by atoms with Gasteiger partial charge in [-0.3, -0.25) is 4.79 Å². The zero-order chi connectivity index (χ0) is 12.7. The Balaban J connectivity index is 2.08. The number of hydrogen-bond donors (Lipinski definition) is 2. The average Bonchev–Trinajstić information content (AvgIpc) is 2.96. The van der Waals surface area contributed by atoms with E-state index in [4.69, 9.17) is 0 Å². The smallest absolute Gasteiger partial charge is 0.223 e. The van der Waals surface area contributed by atoms with Crippen molar-refractivity contribution in [3.8, 4) is 0 Å². The molecule has 0 aromatic heterocycles. The van der Waals surface area contributed by atoms with E-state index in [1.807, 2.05) is 0 Å². The van der Waals surface area contributed by atoms with E-state index in [-0.39, 0.29) is 29.4 Å². The van der Waals surface area contributed by atoms with Gasteiger partial charge in [0.25, 0.3) is 0 Å². The van der Waals surface area contributed by atoms with Crippen LogP contribution in [0.25, 0.3) is 0 Å². The predicted molar refractivity (Wildman–Crippen MR) is 67.5 cm³/mol. The Bertz CT molecular complexity index is 309. The van der Waals surface area contributed by atoms with Gasteiger partial charge in [-0.15, -0.1) is 0 Å². The third-order valence-corrected chi connectivity index (χ3v) is 4.10. The van der Waals surface area contributed by atoms with Gasteiger partial charge in [0.2, 0.25) is 5.91 Å². The lowest BCUT2D eigenvalue weighted by Crippen LogP contribution is -2.57. The molecule has 2 fully saturated rings. The first-order chi connectivity index (χ1) is 7.86. The molecule has 2 rings (SSSR count). The molecule has 0 heterocycles. The maximum atomic E-state index is 11.9. The van der Waals surface area contributed by atoms with E-state index >= 15 is 0 Å². The van der Waals surface area contributed by atoms with Gasteiger partial charge in [-0.05, 0) is 43.4 Å². The highest BCUT2D eigenvalue weighted by molar-refractivity contribution is 5.81. The molecule has 3 nitrogen and oxygen atoms in total. The fourth-order valence-electron chi connectivity index (χ4n) is 3.71. The Morgan fingerprint density at radius 1 is 1.35 bits per heavy atom. The number of aliphatic hydroxyl groups excluding tert-OH is 1. The molecule has 2 aliphatic carbocycles. The molecule has 0 spiro atoms. The van der Waals surface area contributed by atoms with Gasteiger partial charge in [0.15, 0.2) is 0 Å². The van der Waals surface area contributed by atoms with Crippen LogP contribution in [0.1, 0.15) is 52.9 Å². The molecule has 2 atom stereocenters. The van der Waals surface area contributed by atoms with Crippen molar-refractivity contribution in [2.45, 2.75) is 58.4 Å². The first-order valence-electron chi connectivity index (χ1n) is 6.79. The van der Waals surface area contributed by atoms with Crippen LogP contribution in [-0.2, 0) is 4.79 Å². The lowest BCUT2D eigenvalue weighted by atomic mass is 9.64. The molecular formula is C14H25NO2. The summed E-state index contributed by atoms with van der Waals surface area (Å²) < 4.78 is 0. The standard InChI is InChI=1S/C14H25NO2/c1-10-6-13(2,3)8-14(7-10,9-16)15-12(17)11-4-5-11/h10-11,16H,4-9H2,1-3H3,(H,15,17)/t10-,14-/m0/s1. The van der Waals surface area contributed by atoms with Gasteiger partial charge in [0.05, 0.1) is 12.1 Å². The molecule has 2 N–H and O–H groups in total. The number of carbonyl (C=O) groups excluding carboxylic acids is 1. The zero-order valence-corrected chi connectivity index (χ0v) is 11.3. The van der Waals surface area contributed by atoms with Crippen LogP contribution >= 0.6 is 0 Å². The number of aliphatic hydroxyl groups is 1. The Morgan fingerprint density at radius 2 is 2.00 bits per heavy atom. The molecule has 2 saturated carbocycles. The zero-order valence-electron chi connectivity index (χ0n) is 11.3. The minimum atomic E-state index is -0.374. The molecule has 0 radical (unpaired) electrons. The summed E-state index contributed by atoms with van der Waals surface area (Å²) in [6, 6.07) is 0. The lowest BCUT2D eigenvalue weighted by molar-refractivity contribution is -0.126. The number of rotatable bonds is 3. The Labute approximate surface area is 104 Å². The van der Waals surface area contributed by atoms with Gasteiger partial charge in [-0.1, -0.05) is 20.8 Å². The summed E-state index contributed by atoms with van der Waals surface area (Å²) in [7, 11) is 0. The topological polar surface area (TPSA) is 49.3 Å². The second kappa shape index (κ2) is 4.27. The Morgan fingerprint density at radius 3 is 2.47 bits per heavy atom. The third kappa shape index (κ3) is 3.01. The maximum absolute atomic E-state index is 11.9. The van der Waals surface area contributed by atoms with Crippen LogP contribution < -0.4 is 5.32 Å². The molecule has 98 valence electrons. The molecule has 0 aliphatic heterocycles. The highest BCUT2D eigenvalue weighted by Gasteiger charge is 2.45. The van der Waals surface area contributed by atoms with E-state index in [9.17, 15) is 9.90 Å². The van der Waals surface area contributed by atoms with Crippen molar-refractivity contribution in [2.75, 3.05) is 6.61 Å². The quantitative estimate of drug-likeness (QED) is 0.792. The average molecular weight is 239 g/mol. The number of amides is 1. The van der Waals surface area contributed by atoms with E-state index in [1.54, 1.807) is 0 Å². The van der Waals surface area contributed by atoms with Gasteiger partial charge < -0.3 is 10.4 Å². The SMILES string of the molecule is C[C@H]1CC(C)(C)C[C@@](CO)(NC(=O)C2CC2)C1. The molecule has 0 unspecified atom stereocenters. The first-order valence-corrected chi connectivity index (χ1v) is 6.79. The number of carbonyl (C=O) groups is 1. The minimum absolute atomic E-state index is 0.0687. The fraction of sp³-hybridized carbons (Fsp3) is 0.929. The summed E-state index contributed by atoms with van der Waals surface area (Å²) in [5, 5.41) is 12.9. The molecule has 0 aromatic rings.